The fourth-order valence-electron chi connectivity index (χ4n) is 1.95. The number of hydrogen-bond acceptors (Lipinski definition) is 1. The smallest absolute Gasteiger partial charge is 0.0660 e. The van der Waals surface area contributed by atoms with Gasteiger partial charge in [0.15, 0.2) is 0 Å². The lowest BCUT2D eigenvalue weighted by atomic mass is 9.82. The van der Waals surface area contributed by atoms with Crippen molar-refractivity contribution in [1.29, 1.82) is 0 Å². The summed E-state index contributed by atoms with van der Waals surface area (Å²) in [5.74, 6) is 0. The van der Waals surface area contributed by atoms with Crippen LogP contribution in [0.25, 0.3) is 0 Å². The molecule has 0 aliphatic heterocycles. The van der Waals surface area contributed by atoms with E-state index in [1.54, 1.807) is 0 Å². The molecule has 0 aliphatic rings. The average Bonchev–Trinajstić information content (AvgIpc) is 2.18. The lowest BCUT2D eigenvalue weighted by Gasteiger charge is -2.28. The second-order valence-corrected chi connectivity index (χ2v) is 6.66. The van der Waals surface area contributed by atoms with Crippen molar-refractivity contribution < 1.29 is 5.11 Å². The Bertz CT molecular complexity index is 358. The molecule has 1 unspecified atom stereocenters. The minimum absolute atomic E-state index is 0.287. The normalized spacial score (nSPS) is 15.6. The van der Waals surface area contributed by atoms with E-state index in [0.717, 1.165) is 19.3 Å². The molecule has 17 heavy (non-hydrogen) atoms. The monoisotopic (exact) mass is 234 g/mol. The second kappa shape index (κ2) is 5.22. The van der Waals surface area contributed by atoms with Crippen LogP contribution in [0.3, 0.4) is 0 Å². The van der Waals surface area contributed by atoms with E-state index >= 15 is 0 Å². The van der Waals surface area contributed by atoms with Gasteiger partial charge in [-0.1, -0.05) is 45.0 Å². The lowest BCUT2D eigenvalue weighted by Crippen LogP contribution is -2.29. The summed E-state index contributed by atoms with van der Waals surface area (Å²) < 4.78 is 0. The zero-order valence-corrected chi connectivity index (χ0v) is 11.9. The summed E-state index contributed by atoms with van der Waals surface area (Å²) in [4.78, 5) is 0. The Kier molecular flexibility index (Phi) is 4.37. The molecule has 1 aromatic rings. The molecule has 0 fully saturated rings. The topological polar surface area (TPSA) is 20.2 Å². The lowest BCUT2D eigenvalue weighted by molar-refractivity contribution is 0.0395. The predicted molar refractivity (Wildman–Crippen MR) is 74.2 cm³/mol. The molecule has 0 aromatic heterocycles. The van der Waals surface area contributed by atoms with Gasteiger partial charge in [-0.3, -0.25) is 0 Å². The molecule has 1 atom stereocenters. The molecule has 96 valence electrons. The van der Waals surface area contributed by atoms with E-state index in [2.05, 4.69) is 39.8 Å². The predicted octanol–water partition coefficient (Wildman–Crippen LogP) is 4.11. The van der Waals surface area contributed by atoms with E-state index in [9.17, 15) is 5.11 Å². The second-order valence-electron chi connectivity index (χ2n) is 6.66. The van der Waals surface area contributed by atoms with Crippen LogP contribution in [0.5, 0.6) is 0 Å². The fraction of sp³-hybridized carbons (Fsp3) is 0.625. The molecule has 0 amide bonds. The summed E-state index contributed by atoms with van der Waals surface area (Å²) in [7, 11) is 0. The van der Waals surface area contributed by atoms with Crippen LogP contribution < -0.4 is 0 Å². The molecule has 1 heteroatoms. The van der Waals surface area contributed by atoms with Crippen LogP contribution in [0.15, 0.2) is 24.3 Å². The van der Waals surface area contributed by atoms with Crippen molar-refractivity contribution in [1.82, 2.24) is 0 Å². The molecular weight excluding hydrogens is 208 g/mol. The molecule has 0 saturated carbocycles. The molecular formula is C16H26O. The molecule has 1 nitrogen and oxygen atoms in total. The summed E-state index contributed by atoms with van der Waals surface area (Å²) in [6.07, 6.45) is 2.65. The Labute approximate surface area is 106 Å². The van der Waals surface area contributed by atoms with E-state index in [1.165, 1.54) is 11.1 Å². The number of aryl methyl sites for hydroxylation is 1. The summed E-state index contributed by atoms with van der Waals surface area (Å²) in [5.41, 5.74) is 2.21. The quantitative estimate of drug-likeness (QED) is 0.831. The Balaban J connectivity index is 2.64. The van der Waals surface area contributed by atoms with Gasteiger partial charge in [-0.05, 0) is 43.2 Å². The van der Waals surface area contributed by atoms with Crippen molar-refractivity contribution >= 4 is 0 Å². The number of hydrogen-bond donors (Lipinski definition) is 1. The van der Waals surface area contributed by atoms with Crippen LogP contribution in [0.4, 0.5) is 0 Å². The van der Waals surface area contributed by atoms with Gasteiger partial charge >= 0.3 is 0 Å². The zero-order chi connectivity index (χ0) is 13.1. The van der Waals surface area contributed by atoms with Crippen molar-refractivity contribution in [2.45, 2.75) is 59.5 Å². The van der Waals surface area contributed by atoms with Crippen molar-refractivity contribution in [2.75, 3.05) is 0 Å². The molecule has 0 bridgehead atoms. The molecule has 0 heterocycles. The van der Waals surface area contributed by atoms with Crippen LogP contribution in [-0.2, 0) is 6.42 Å². The van der Waals surface area contributed by atoms with Crippen LogP contribution in [0, 0.1) is 12.3 Å². The van der Waals surface area contributed by atoms with Crippen LogP contribution in [0.1, 0.15) is 51.7 Å². The van der Waals surface area contributed by atoms with Gasteiger partial charge in [0.2, 0.25) is 0 Å². The van der Waals surface area contributed by atoms with Crippen molar-refractivity contribution in [2.24, 2.45) is 5.41 Å². The highest BCUT2D eigenvalue weighted by Crippen LogP contribution is 2.28. The van der Waals surface area contributed by atoms with E-state index < -0.39 is 5.60 Å². The molecule has 1 aromatic carbocycles. The first-order valence-corrected chi connectivity index (χ1v) is 6.47. The van der Waals surface area contributed by atoms with Gasteiger partial charge in [-0.15, -0.1) is 0 Å². The van der Waals surface area contributed by atoms with Crippen molar-refractivity contribution in [3.05, 3.63) is 35.4 Å². The zero-order valence-electron chi connectivity index (χ0n) is 11.9. The number of benzene rings is 1. The standard InChI is InChI=1S/C16H26O/c1-13-8-6-7-9-14(13)12-16(5,17)11-10-15(2,3)4/h6-9,17H,10-12H2,1-5H3. The highest BCUT2D eigenvalue weighted by atomic mass is 16.3. The summed E-state index contributed by atoms with van der Waals surface area (Å²) in [5, 5.41) is 10.5. The van der Waals surface area contributed by atoms with E-state index in [-0.39, 0.29) is 5.41 Å². The van der Waals surface area contributed by atoms with Crippen LogP contribution in [-0.4, -0.2) is 10.7 Å². The summed E-state index contributed by atoms with van der Waals surface area (Å²) >= 11 is 0. The maximum atomic E-state index is 10.5. The summed E-state index contributed by atoms with van der Waals surface area (Å²) in [6, 6.07) is 8.31. The molecule has 0 saturated heterocycles. The highest BCUT2D eigenvalue weighted by molar-refractivity contribution is 5.26. The van der Waals surface area contributed by atoms with Gasteiger partial charge in [0.05, 0.1) is 5.60 Å². The first-order chi connectivity index (χ1) is 7.70. The van der Waals surface area contributed by atoms with E-state index in [1.807, 2.05) is 19.1 Å². The number of aliphatic hydroxyl groups is 1. The minimum atomic E-state index is -0.598. The molecule has 0 spiro atoms. The fourth-order valence-corrected chi connectivity index (χ4v) is 1.95. The van der Waals surface area contributed by atoms with E-state index in [4.69, 9.17) is 0 Å². The first kappa shape index (κ1) is 14.2. The largest absolute Gasteiger partial charge is 0.390 e. The van der Waals surface area contributed by atoms with Crippen LogP contribution >= 0.6 is 0 Å². The Morgan fingerprint density at radius 1 is 1.00 bits per heavy atom. The number of rotatable bonds is 4. The Hall–Kier alpha value is -0.820. The Morgan fingerprint density at radius 2 is 1.59 bits per heavy atom. The average molecular weight is 234 g/mol. The van der Waals surface area contributed by atoms with Gasteiger partial charge < -0.3 is 5.11 Å². The van der Waals surface area contributed by atoms with Gasteiger partial charge in [0, 0.05) is 6.42 Å². The van der Waals surface area contributed by atoms with Gasteiger partial charge in [-0.25, -0.2) is 0 Å². The van der Waals surface area contributed by atoms with Gasteiger partial charge in [0.1, 0.15) is 0 Å². The van der Waals surface area contributed by atoms with Gasteiger partial charge in [0.25, 0.3) is 0 Å². The van der Waals surface area contributed by atoms with E-state index in [0.29, 0.717) is 0 Å². The Morgan fingerprint density at radius 3 is 2.12 bits per heavy atom. The third-order valence-corrected chi connectivity index (χ3v) is 3.25. The molecule has 1 N–H and O–H groups in total. The summed E-state index contributed by atoms with van der Waals surface area (Å²) in [6.45, 7) is 10.7. The third-order valence-electron chi connectivity index (χ3n) is 3.25. The highest BCUT2D eigenvalue weighted by Gasteiger charge is 2.24. The maximum Gasteiger partial charge on any atom is 0.0660 e. The molecule has 0 aliphatic carbocycles. The maximum absolute atomic E-state index is 10.5. The van der Waals surface area contributed by atoms with Crippen molar-refractivity contribution in [3.63, 3.8) is 0 Å². The molecule has 0 radical (unpaired) electrons. The van der Waals surface area contributed by atoms with Crippen LogP contribution in [0.2, 0.25) is 0 Å². The van der Waals surface area contributed by atoms with Gasteiger partial charge in [-0.2, -0.15) is 0 Å². The third kappa shape index (κ3) is 5.36. The molecule has 1 rings (SSSR count). The minimum Gasteiger partial charge on any atom is -0.390 e. The first-order valence-electron chi connectivity index (χ1n) is 6.47. The SMILES string of the molecule is Cc1ccccc1CC(C)(O)CCC(C)(C)C. The van der Waals surface area contributed by atoms with Crippen molar-refractivity contribution in [3.8, 4) is 0 Å².